The van der Waals surface area contributed by atoms with E-state index in [-0.39, 0.29) is 29.2 Å². The lowest BCUT2D eigenvalue weighted by atomic mass is 9.91. The molecule has 0 radical (unpaired) electrons. The molecule has 3 fully saturated rings. The lowest BCUT2D eigenvalue weighted by Gasteiger charge is -2.35. The van der Waals surface area contributed by atoms with Crippen LogP contribution in [0, 0.1) is 11.3 Å². The molecule has 1 aliphatic carbocycles. The van der Waals surface area contributed by atoms with Crippen molar-refractivity contribution in [2.24, 2.45) is 11.3 Å². The summed E-state index contributed by atoms with van der Waals surface area (Å²) in [5.74, 6) is 0.417. The molecule has 0 aromatic rings. The molecule has 0 aromatic carbocycles. The fourth-order valence-electron chi connectivity index (χ4n) is 3.76. The zero-order chi connectivity index (χ0) is 13.5. The number of nitrogens with zero attached hydrogens (tertiary/aromatic N) is 1. The summed E-state index contributed by atoms with van der Waals surface area (Å²) in [5.41, 5.74) is 0.258. The highest BCUT2D eigenvalue weighted by Crippen LogP contribution is 2.59. The van der Waals surface area contributed by atoms with Gasteiger partial charge in [-0.25, -0.2) is 0 Å². The minimum absolute atomic E-state index is 0.0158. The van der Waals surface area contributed by atoms with Crippen molar-refractivity contribution in [2.45, 2.75) is 38.6 Å². The SMILES string of the molecule is CC[C@@H]1C(=O)NCCN1C(=O)[C@@H]1CC12CCNCC2. The van der Waals surface area contributed by atoms with Gasteiger partial charge in [-0.15, -0.1) is 0 Å². The summed E-state index contributed by atoms with van der Waals surface area (Å²) in [6, 6.07) is -0.249. The smallest absolute Gasteiger partial charge is 0.242 e. The van der Waals surface area contributed by atoms with E-state index < -0.39 is 0 Å². The van der Waals surface area contributed by atoms with Gasteiger partial charge in [-0.05, 0) is 44.2 Å². The summed E-state index contributed by atoms with van der Waals surface area (Å²) < 4.78 is 0. The topological polar surface area (TPSA) is 61.4 Å². The van der Waals surface area contributed by atoms with E-state index in [0.29, 0.717) is 19.5 Å². The molecule has 5 nitrogen and oxygen atoms in total. The molecule has 0 unspecified atom stereocenters. The van der Waals surface area contributed by atoms with Crippen LogP contribution in [0.5, 0.6) is 0 Å². The number of carbonyl (C=O) groups is 2. The number of hydrogen-bond donors (Lipinski definition) is 2. The van der Waals surface area contributed by atoms with Crippen molar-refractivity contribution >= 4 is 11.8 Å². The monoisotopic (exact) mass is 265 g/mol. The minimum atomic E-state index is -0.249. The standard InChI is InChI=1S/C14H23N3O2/c1-2-11-12(18)16-7-8-17(11)13(19)10-9-14(10)3-5-15-6-4-14/h10-11,15H,2-9H2,1H3,(H,16,18)/t10-,11+/m0/s1. The molecular weight excluding hydrogens is 242 g/mol. The molecule has 1 saturated carbocycles. The Labute approximate surface area is 114 Å². The molecule has 2 N–H and O–H groups in total. The number of hydrogen-bond acceptors (Lipinski definition) is 3. The highest BCUT2D eigenvalue weighted by atomic mass is 16.2. The van der Waals surface area contributed by atoms with Gasteiger partial charge in [0.25, 0.3) is 0 Å². The maximum Gasteiger partial charge on any atom is 0.242 e. The van der Waals surface area contributed by atoms with E-state index >= 15 is 0 Å². The van der Waals surface area contributed by atoms with Gasteiger partial charge in [0.1, 0.15) is 6.04 Å². The predicted octanol–water partition coefficient (Wildman–Crippen LogP) is 0.113. The van der Waals surface area contributed by atoms with Crippen LogP contribution in [0.3, 0.4) is 0 Å². The van der Waals surface area contributed by atoms with E-state index in [9.17, 15) is 9.59 Å². The molecule has 3 aliphatic rings. The number of nitrogens with one attached hydrogen (secondary N) is 2. The van der Waals surface area contributed by atoms with Crippen molar-refractivity contribution in [1.82, 2.24) is 15.5 Å². The van der Waals surface area contributed by atoms with E-state index in [4.69, 9.17) is 0 Å². The average molecular weight is 265 g/mol. The first-order valence-corrected chi connectivity index (χ1v) is 7.47. The van der Waals surface area contributed by atoms with Gasteiger partial charge in [-0.3, -0.25) is 9.59 Å². The number of carbonyl (C=O) groups excluding carboxylic acids is 2. The Kier molecular flexibility index (Phi) is 3.25. The van der Waals surface area contributed by atoms with Crippen LogP contribution < -0.4 is 10.6 Å². The molecule has 0 bridgehead atoms. The maximum absolute atomic E-state index is 12.7. The van der Waals surface area contributed by atoms with Crippen LogP contribution in [0.15, 0.2) is 0 Å². The van der Waals surface area contributed by atoms with Crippen LogP contribution in [-0.2, 0) is 9.59 Å². The van der Waals surface area contributed by atoms with Crippen LogP contribution in [-0.4, -0.2) is 48.9 Å². The van der Waals surface area contributed by atoms with Crippen molar-refractivity contribution in [3.63, 3.8) is 0 Å². The van der Waals surface area contributed by atoms with Crippen LogP contribution in [0.2, 0.25) is 0 Å². The first-order valence-electron chi connectivity index (χ1n) is 7.47. The van der Waals surface area contributed by atoms with E-state index in [1.807, 2.05) is 11.8 Å². The summed E-state index contributed by atoms with van der Waals surface area (Å²) in [7, 11) is 0. The van der Waals surface area contributed by atoms with Gasteiger partial charge in [-0.1, -0.05) is 6.92 Å². The zero-order valence-corrected chi connectivity index (χ0v) is 11.6. The quantitative estimate of drug-likeness (QED) is 0.745. The van der Waals surface area contributed by atoms with Crippen LogP contribution in [0.4, 0.5) is 0 Å². The van der Waals surface area contributed by atoms with Crippen molar-refractivity contribution in [1.29, 1.82) is 0 Å². The third-order valence-corrected chi connectivity index (χ3v) is 5.09. The highest BCUT2D eigenvalue weighted by molar-refractivity contribution is 5.91. The van der Waals surface area contributed by atoms with E-state index in [2.05, 4.69) is 10.6 Å². The molecule has 3 rings (SSSR count). The molecule has 2 amide bonds. The Morgan fingerprint density at radius 3 is 2.79 bits per heavy atom. The Hall–Kier alpha value is -1.10. The molecule has 2 aliphatic heterocycles. The second kappa shape index (κ2) is 4.78. The van der Waals surface area contributed by atoms with Crippen molar-refractivity contribution < 1.29 is 9.59 Å². The fraction of sp³-hybridized carbons (Fsp3) is 0.857. The van der Waals surface area contributed by atoms with Gasteiger partial charge in [0.05, 0.1) is 0 Å². The summed E-state index contributed by atoms with van der Waals surface area (Å²) in [5, 5.41) is 6.21. The Morgan fingerprint density at radius 2 is 2.11 bits per heavy atom. The molecule has 0 aromatic heterocycles. The average Bonchev–Trinajstić information content (AvgIpc) is 3.12. The molecule has 2 saturated heterocycles. The molecular formula is C14H23N3O2. The van der Waals surface area contributed by atoms with Gasteiger partial charge in [0.15, 0.2) is 0 Å². The molecule has 5 heteroatoms. The Bertz CT molecular complexity index is 390. The number of rotatable bonds is 2. The molecule has 106 valence electrons. The summed E-state index contributed by atoms with van der Waals surface area (Å²) >= 11 is 0. The number of piperidine rings is 1. The van der Waals surface area contributed by atoms with Crippen LogP contribution in [0.25, 0.3) is 0 Å². The highest BCUT2D eigenvalue weighted by Gasteiger charge is 2.59. The predicted molar refractivity (Wildman–Crippen MR) is 71.4 cm³/mol. The third-order valence-electron chi connectivity index (χ3n) is 5.09. The third kappa shape index (κ3) is 2.14. The van der Waals surface area contributed by atoms with Crippen molar-refractivity contribution in [3.8, 4) is 0 Å². The van der Waals surface area contributed by atoms with Crippen LogP contribution >= 0.6 is 0 Å². The first kappa shape index (κ1) is 12.9. The van der Waals surface area contributed by atoms with Crippen LogP contribution in [0.1, 0.15) is 32.6 Å². The molecule has 1 spiro atoms. The van der Waals surface area contributed by atoms with Gasteiger partial charge < -0.3 is 15.5 Å². The van der Waals surface area contributed by atoms with Gasteiger partial charge >= 0.3 is 0 Å². The summed E-state index contributed by atoms with van der Waals surface area (Å²) in [6.07, 6.45) is 3.96. The first-order chi connectivity index (χ1) is 9.18. The summed E-state index contributed by atoms with van der Waals surface area (Å²) in [6.45, 7) is 5.31. The maximum atomic E-state index is 12.7. The molecule has 2 heterocycles. The fourth-order valence-corrected chi connectivity index (χ4v) is 3.76. The zero-order valence-electron chi connectivity index (χ0n) is 11.6. The minimum Gasteiger partial charge on any atom is -0.353 e. The van der Waals surface area contributed by atoms with E-state index in [0.717, 1.165) is 32.4 Å². The lowest BCUT2D eigenvalue weighted by Crippen LogP contribution is -2.57. The molecule has 19 heavy (non-hydrogen) atoms. The second-order valence-electron chi connectivity index (χ2n) is 6.12. The van der Waals surface area contributed by atoms with Gasteiger partial charge in [0.2, 0.25) is 11.8 Å². The number of amides is 2. The van der Waals surface area contributed by atoms with E-state index in [1.165, 1.54) is 0 Å². The normalized spacial score (nSPS) is 33.1. The molecule has 2 atom stereocenters. The summed E-state index contributed by atoms with van der Waals surface area (Å²) in [4.78, 5) is 26.3. The van der Waals surface area contributed by atoms with Crippen molar-refractivity contribution in [2.75, 3.05) is 26.2 Å². The van der Waals surface area contributed by atoms with Crippen molar-refractivity contribution in [3.05, 3.63) is 0 Å². The number of piperazine rings is 1. The van der Waals surface area contributed by atoms with E-state index in [1.54, 1.807) is 0 Å². The lowest BCUT2D eigenvalue weighted by molar-refractivity contribution is -0.145. The largest absolute Gasteiger partial charge is 0.353 e. The van der Waals surface area contributed by atoms with Gasteiger partial charge in [-0.2, -0.15) is 0 Å². The second-order valence-corrected chi connectivity index (χ2v) is 6.12. The Morgan fingerprint density at radius 1 is 1.37 bits per heavy atom. The van der Waals surface area contributed by atoms with Gasteiger partial charge in [0, 0.05) is 19.0 Å². The Balaban J connectivity index is 1.68.